The van der Waals surface area contributed by atoms with Crippen LogP contribution in [-0.4, -0.2) is 30.6 Å². The number of likely N-dealkylation sites (N-methyl/N-ethyl adjacent to an activating group) is 1. The van der Waals surface area contributed by atoms with Gasteiger partial charge in [0, 0.05) is 24.2 Å². The fourth-order valence-electron chi connectivity index (χ4n) is 2.52. The highest BCUT2D eigenvalue weighted by Crippen LogP contribution is 2.20. The fourth-order valence-corrected chi connectivity index (χ4v) is 2.73. The number of halogens is 1. The van der Waals surface area contributed by atoms with E-state index in [1.807, 2.05) is 12.1 Å². The van der Waals surface area contributed by atoms with Crippen molar-refractivity contribution in [3.05, 3.63) is 34.9 Å². The minimum absolute atomic E-state index is 0.689. The molecule has 0 bridgehead atoms. The molecule has 1 N–H and O–H groups in total. The Bertz CT molecular complexity index is 354. The van der Waals surface area contributed by atoms with Crippen LogP contribution >= 0.6 is 11.6 Å². The molecule has 1 unspecified atom stereocenters. The van der Waals surface area contributed by atoms with E-state index < -0.39 is 0 Å². The molecule has 0 aromatic heterocycles. The van der Waals surface area contributed by atoms with Crippen LogP contribution in [0, 0.1) is 0 Å². The Hall–Kier alpha value is -0.570. The van der Waals surface area contributed by atoms with Crippen LogP contribution < -0.4 is 5.32 Å². The van der Waals surface area contributed by atoms with Crippen molar-refractivity contribution in [3.8, 4) is 0 Å². The first-order valence-corrected chi connectivity index (χ1v) is 6.86. The van der Waals surface area contributed by atoms with E-state index >= 15 is 0 Å². The maximum absolute atomic E-state index is 6.02. The maximum Gasteiger partial charge on any atom is 0.0409 e. The Kier molecular flexibility index (Phi) is 4.84. The number of likely N-dealkylation sites (tertiary alicyclic amines) is 1. The zero-order chi connectivity index (χ0) is 12.1. The highest BCUT2D eigenvalue weighted by molar-refractivity contribution is 6.30. The highest BCUT2D eigenvalue weighted by atomic mass is 35.5. The normalized spacial score (nSPS) is 20.9. The zero-order valence-corrected chi connectivity index (χ0v) is 11.2. The lowest BCUT2D eigenvalue weighted by molar-refractivity contribution is 0.240. The highest BCUT2D eigenvalue weighted by Gasteiger charge is 2.23. The first-order chi connectivity index (χ1) is 8.29. The van der Waals surface area contributed by atoms with Gasteiger partial charge in [-0.05, 0) is 43.6 Å². The summed E-state index contributed by atoms with van der Waals surface area (Å²) in [7, 11) is 0. The number of nitrogens with zero attached hydrogens (tertiary/aromatic N) is 1. The second-order valence-corrected chi connectivity index (χ2v) is 5.14. The molecule has 0 aliphatic carbocycles. The maximum atomic E-state index is 6.02. The van der Waals surface area contributed by atoms with Gasteiger partial charge in [-0.1, -0.05) is 30.7 Å². The van der Waals surface area contributed by atoms with Crippen LogP contribution in [0.4, 0.5) is 0 Å². The topological polar surface area (TPSA) is 15.3 Å². The third kappa shape index (κ3) is 3.70. The molecule has 1 aliphatic heterocycles. The summed E-state index contributed by atoms with van der Waals surface area (Å²) in [6, 6.07) is 8.89. The smallest absolute Gasteiger partial charge is 0.0409 e. The van der Waals surface area contributed by atoms with Crippen LogP contribution in [0.2, 0.25) is 5.02 Å². The number of hydrogen-bond acceptors (Lipinski definition) is 2. The molecular weight excluding hydrogens is 232 g/mol. The number of benzene rings is 1. The van der Waals surface area contributed by atoms with Crippen LogP contribution in [0.1, 0.15) is 25.3 Å². The van der Waals surface area contributed by atoms with Crippen molar-refractivity contribution in [2.75, 3.05) is 19.6 Å². The number of rotatable bonds is 5. The molecule has 1 heterocycles. The molecule has 1 aliphatic rings. The van der Waals surface area contributed by atoms with Gasteiger partial charge in [0.05, 0.1) is 0 Å². The summed E-state index contributed by atoms with van der Waals surface area (Å²) in [6.07, 6.45) is 2.63. The molecule has 94 valence electrons. The van der Waals surface area contributed by atoms with E-state index in [-0.39, 0.29) is 0 Å². The quantitative estimate of drug-likeness (QED) is 0.867. The molecule has 2 nitrogen and oxygen atoms in total. The van der Waals surface area contributed by atoms with Crippen LogP contribution in [0.5, 0.6) is 0 Å². The van der Waals surface area contributed by atoms with Crippen molar-refractivity contribution >= 4 is 11.6 Å². The molecule has 1 saturated heterocycles. The third-order valence-electron chi connectivity index (χ3n) is 3.40. The fraction of sp³-hybridized carbons (Fsp3) is 0.571. The standard InChI is InChI=1S/C14H21ClN2/c1-2-16-10-14-7-4-8-17(14)11-12-5-3-6-13(15)9-12/h3,5-6,9,14,16H,2,4,7-8,10-11H2,1H3. The SMILES string of the molecule is CCNCC1CCCN1Cc1cccc(Cl)c1. The molecule has 0 amide bonds. The molecule has 17 heavy (non-hydrogen) atoms. The summed E-state index contributed by atoms with van der Waals surface area (Å²) in [4.78, 5) is 2.56. The van der Waals surface area contributed by atoms with Gasteiger partial charge in [-0.15, -0.1) is 0 Å². The summed E-state index contributed by atoms with van der Waals surface area (Å²) in [5, 5.41) is 4.29. The van der Waals surface area contributed by atoms with E-state index in [1.54, 1.807) is 0 Å². The predicted octanol–water partition coefficient (Wildman–Crippen LogP) is 2.91. The van der Waals surface area contributed by atoms with E-state index in [0.29, 0.717) is 6.04 Å². The minimum Gasteiger partial charge on any atom is -0.315 e. The lowest BCUT2D eigenvalue weighted by atomic mass is 10.2. The van der Waals surface area contributed by atoms with E-state index in [4.69, 9.17) is 11.6 Å². The van der Waals surface area contributed by atoms with E-state index in [9.17, 15) is 0 Å². The Morgan fingerprint density at radius 2 is 2.35 bits per heavy atom. The van der Waals surface area contributed by atoms with Gasteiger partial charge in [0.15, 0.2) is 0 Å². The average Bonchev–Trinajstić information content (AvgIpc) is 2.74. The lowest BCUT2D eigenvalue weighted by Gasteiger charge is -2.24. The van der Waals surface area contributed by atoms with Crippen molar-refractivity contribution in [2.45, 2.75) is 32.4 Å². The molecule has 0 spiro atoms. The van der Waals surface area contributed by atoms with Gasteiger partial charge in [0.1, 0.15) is 0 Å². The molecule has 0 saturated carbocycles. The van der Waals surface area contributed by atoms with E-state index in [2.05, 4.69) is 29.3 Å². The number of nitrogens with one attached hydrogen (secondary N) is 1. The summed E-state index contributed by atoms with van der Waals surface area (Å²) in [5.41, 5.74) is 1.32. The molecular formula is C14H21ClN2. The largest absolute Gasteiger partial charge is 0.315 e. The van der Waals surface area contributed by atoms with Crippen LogP contribution in [-0.2, 0) is 6.54 Å². The van der Waals surface area contributed by atoms with Gasteiger partial charge in [0.25, 0.3) is 0 Å². The third-order valence-corrected chi connectivity index (χ3v) is 3.64. The monoisotopic (exact) mass is 252 g/mol. The predicted molar refractivity (Wildman–Crippen MR) is 73.4 cm³/mol. The van der Waals surface area contributed by atoms with Crippen LogP contribution in [0.3, 0.4) is 0 Å². The van der Waals surface area contributed by atoms with Crippen molar-refractivity contribution in [1.29, 1.82) is 0 Å². The van der Waals surface area contributed by atoms with Gasteiger partial charge in [-0.2, -0.15) is 0 Å². The Morgan fingerprint density at radius 3 is 3.12 bits per heavy atom. The summed E-state index contributed by atoms with van der Waals surface area (Å²) < 4.78 is 0. The van der Waals surface area contributed by atoms with Gasteiger partial charge in [-0.3, -0.25) is 4.90 Å². The van der Waals surface area contributed by atoms with Crippen LogP contribution in [0.25, 0.3) is 0 Å². The molecule has 3 heteroatoms. The first-order valence-electron chi connectivity index (χ1n) is 6.49. The Morgan fingerprint density at radius 1 is 1.47 bits per heavy atom. The molecule has 1 aromatic rings. The van der Waals surface area contributed by atoms with E-state index in [0.717, 1.165) is 24.7 Å². The number of hydrogen-bond donors (Lipinski definition) is 1. The average molecular weight is 253 g/mol. The van der Waals surface area contributed by atoms with Gasteiger partial charge in [0.2, 0.25) is 0 Å². The summed E-state index contributed by atoms with van der Waals surface area (Å²) in [5.74, 6) is 0. The minimum atomic E-state index is 0.689. The molecule has 1 fully saturated rings. The molecule has 1 atom stereocenters. The first kappa shape index (κ1) is 12.9. The summed E-state index contributed by atoms with van der Waals surface area (Å²) >= 11 is 6.02. The molecule has 2 rings (SSSR count). The Labute approximate surface area is 109 Å². The van der Waals surface area contributed by atoms with Gasteiger partial charge >= 0.3 is 0 Å². The van der Waals surface area contributed by atoms with Gasteiger partial charge in [-0.25, -0.2) is 0 Å². The van der Waals surface area contributed by atoms with Crippen molar-refractivity contribution in [2.24, 2.45) is 0 Å². The second kappa shape index (κ2) is 6.39. The summed E-state index contributed by atoms with van der Waals surface area (Å²) in [6.45, 7) is 6.56. The molecule has 0 radical (unpaired) electrons. The lowest BCUT2D eigenvalue weighted by Crippen LogP contribution is -2.37. The van der Waals surface area contributed by atoms with Crippen molar-refractivity contribution < 1.29 is 0 Å². The van der Waals surface area contributed by atoms with E-state index in [1.165, 1.54) is 24.9 Å². The Balaban J connectivity index is 1.93. The second-order valence-electron chi connectivity index (χ2n) is 4.70. The molecule has 1 aromatic carbocycles. The van der Waals surface area contributed by atoms with Gasteiger partial charge < -0.3 is 5.32 Å². The zero-order valence-electron chi connectivity index (χ0n) is 10.5. The van der Waals surface area contributed by atoms with Crippen molar-refractivity contribution in [3.63, 3.8) is 0 Å². The van der Waals surface area contributed by atoms with Crippen LogP contribution in [0.15, 0.2) is 24.3 Å². The van der Waals surface area contributed by atoms with Crippen molar-refractivity contribution in [1.82, 2.24) is 10.2 Å².